The van der Waals surface area contributed by atoms with E-state index in [1.165, 1.54) is 0 Å². The van der Waals surface area contributed by atoms with Gasteiger partial charge in [0.1, 0.15) is 17.2 Å². The third-order valence-electron chi connectivity index (χ3n) is 3.74. The number of amides is 2. The van der Waals surface area contributed by atoms with E-state index in [0.29, 0.717) is 10.6 Å². The van der Waals surface area contributed by atoms with Crippen LogP contribution in [0.4, 0.5) is 23.4 Å². The van der Waals surface area contributed by atoms with Crippen molar-refractivity contribution >= 4 is 17.6 Å². The number of imide groups is 1. The van der Waals surface area contributed by atoms with E-state index >= 15 is 0 Å². The maximum absolute atomic E-state index is 13.8. The van der Waals surface area contributed by atoms with Gasteiger partial charge < -0.3 is 10.5 Å². The molecule has 2 aromatic rings. The summed E-state index contributed by atoms with van der Waals surface area (Å²) in [6, 6.07) is 1.53. The molecule has 3 N–H and O–H groups in total. The molecule has 0 saturated carbocycles. The fourth-order valence-corrected chi connectivity index (χ4v) is 2.70. The van der Waals surface area contributed by atoms with Gasteiger partial charge >= 0.3 is 6.18 Å². The molecule has 0 bridgehead atoms. The van der Waals surface area contributed by atoms with Crippen LogP contribution in [0.2, 0.25) is 0 Å². The van der Waals surface area contributed by atoms with Crippen LogP contribution < -0.4 is 21.3 Å². The molecule has 3 rings (SSSR count). The van der Waals surface area contributed by atoms with Crippen LogP contribution in [0.15, 0.2) is 23.0 Å². The number of carbonyl (C=O) groups excluding carboxylic acids is 2. The van der Waals surface area contributed by atoms with Crippen LogP contribution in [0.25, 0.3) is 5.69 Å². The van der Waals surface area contributed by atoms with Gasteiger partial charge in [-0.25, -0.2) is 4.39 Å². The van der Waals surface area contributed by atoms with E-state index in [0.717, 1.165) is 13.2 Å². The molecule has 0 saturated heterocycles. The highest BCUT2D eigenvalue weighted by Gasteiger charge is 2.38. The normalized spacial score (nSPS) is 13.6. The number of nitrogens with one attached hydrogen (secondary N) is 1. The number of nitrogens with zero attached hydrogens (tertiary/aromatic N) is 1. The summed E-state index contributed by atoms with van der Waals surface area (Å²) in [4.78, 5) is 35.8. The molecule has 1 aliphatic heterocycles. The first-order chi connectivity index (χ1) is 12.1. The first kappa shape index (κ1) is 17.5. The van der Waals surface area contributed by atoms with Gasteiger partial charge in [-0.15, -0.1) is 0 Å². The van der Waals surface area contributed by atoms with Crippen LogP contribution in [0.3, 0.4) is 0 Å². The Morgan fingerprint density at radius 1 is 1.12 bits per heavy atom. The molecule has 0 unspecified atom stereocenters. The van der Waals surface area contributed by atoms with Crippen LogP contribution in [0, 0.1) is 5.82 Å². The maximum Gasteiger partial charge on any atom is 0.420 e. The molecule has 2 amide bonds. The van der Waals surface area contributed by atoms with Gasteiger partial charge in [-0.1, -0.05) is 0 Å². The second-order valence-corrected chi connectivity index (χ2v) is 5.28. The SMILES string of the molecule is COc1c(-n2c(N)c3c(cc2=O)C(=O)NC3=O)cc(F)cc1C(F)(F)F. The van der Waals surface area contributed by atoms with E-state index in [-0.39, 0.29) is 11.6 Å². The molecule has 1 aliphatic rings. The predicted molar refractivity (Wildman–Crippen MR) is 79.8 cm³/mol. The number of ether oxygens (including phenoxy) is 1. The number of nitrogens with two attached hydrogens (primary N) is 1. The van der Waals surface area contributed by atoms with Gasteiger partial charge in [-0.3, -0.25) is 24.3 Å². The molecule has 1 aromatic heterocycles. The standard InChI is InChI=1S/C15H9F4N3O4/c1-26-11-7(15(17,18)19)2-5(16)3-8(11)22-9(23)4-6-10(12(22)20)14(25)21-13(6)24/h2-4H,20H2,1H3,(H,21,24,25). The molecule has 0 fully saturated rings. The van der Waals surface area contributed by atoms with Gasteiger partial charge in [0.05, 0.1) is 23.9 Å². The van der Waals surface area contributed by atoms with Gasteiger partial charge in [0.25, 0.3) is 17.4 Å². The lowest BCUT2D eigenvalue weighted by atomic mass is 10.1. The lowest BCUT2D eigenvalue weighted by Crippen LogP contribution is -2.25. The smallest absolute Gasteiger partial charge is 0.420 e. The van der Waals surface area contributed by atoms with Gasteiger partial charge in [-0.05, 0) is 6.07 Å². The Kier molecular flexibility index (Phi) is 3.74. The molecule has 136 valence electrons. The number of anilines is 1. The molecule has 0 aliphatic carbocycles. The average Bonchev–Trinajstić information content (AvgIpc) is 2.80. The number of fused-ring (bicyclic) bond motifs is 1. The zero-order chi connectivity index (χ0) is 19.4. The van der Waals surface area contributed by atoms with Gasteiger partial charge in [-0.2, -0.15) is 13.2 Å². The Morgan fingerprint density at radius 3 is 2.35 bits per heavy atom. The number of aromatic nitrogens is 1. The summed E-state index contributed by atoms with van der Waals surface area (Å²) in [6.07, 6.45) is -4.98. The monoisotopic (exact) mass is 371 g/mol. The molecule has 11 heteroatoms. The van der Waals surface area contributed by atoms with E-state index in [1.807, 2.05) is 5.32 Å². The summed E-state index contributed by atoms with van der Waals surface area (Å²) in [5, 5.41) is 1.91. The van der Waals surface area contributed by atoms with Gasteiger partial charge in [0, 0.05) is 12.1 Å². The number of pyridine rings is 1. The third-order valence-corrected chi connectivity index (χ3v) is 3.74. The molecular formula is C15H9F4N3O4. The highest BCUT2D eigenvalue weighted by molar-refractivity contribution is 6.23. The number of alkyl halides is 3. The van der Waals surface area contributed by atoms with Crippen molar-refractivity contribution in [2.75, 3.05) is 12.8 Å². The molecule has 0 atom stereocenters. The molecule has 7 nitrogen and oxygen atoms in total. The number of carbonyl (C=O) groups is 2. The minimum Gasteiger partial charge on any atom is -0.494 e. The van der Waals surface area contributed by atoms with Gasteiger partial charge in [0.2, 0.25) is 0 Å². The lowest BCUT2D eigenvalue weighted by Gasteiger charge is -2.19. The number of hydrogen-bond donors (Lipinski definition) is 2. The molecule has 1 aromatic carbocycles. The van der Waals surface area contributed by atoms with E-state index in [2.05, 4.69) is 0 Å². The average molecular weight is 371 g/mol. The molecule has 2 heterocycles. The summed E-state index contributed by atoms with van der Waals surface area (Å²) < 4.78 is 58.5. The minimum absolute atomic E-state index is 0.202. The largest absolute Gasteiger partial charge is 0.494 e. The summed E-state index contributed by atoms with van der Waals surface area (Å²) in [7, 11) is 0.900. The van der Waals surface area contributed by atoms with E-state index in [4.69, 9.17) is 10.5 Å². The van der Waals surface area contributed by atoms with E-state index < -0.39 is 57.7 Å². The minimum atomic E-state index is -4.98. The summed E-state index contributed by atoms with van der Waals surface area (Å²) >= 11 is 0. The van der Waals surface area contributed by atoms with Crippen molar-refractivity contribution in [2.24, 2.45) is 0 Å². The number of hydrogen-bond acceptors (Lipinski definition) is 5. The summed E-state index contributed by atoms with van der Waals surface area (Å²) in [5.41, 5.74) is 1.87. The molecule has 0 radical (unpaired) electrons. The third kappa shape index (κ3) is 2.48. The van der Waals surface area contributed by atoms with Crippen molar-refractivity contribution in [1.82, 2.24) is 9.88 Å². The Bertz CT molecular complexity index is 1030. The van der Waals surface area contributed by atoms with Gasteiger partial charge in [0.15, 0.2) is 5.75 Å². The fourth-order valence-electron chi connectivity index (χ4n) is 2.70. The van der Waals surface area contributed by atoms with Crippen molar-refractivity contribution in [3.63, 3.8) is 0 Å². The number of rotatable bonds is 2. The van der Waals surface area contributed by atoms with Crippen LogP contribution in [0.1, 0.15) is 26.3 Å². The van der Waals surface area contributed by atoms with Crippen molar-refractivity contribution in [2.45, 2.75) is 6.18 Å². The number of benzene rings is 1. The Morgan fingerprint density at radius 2 is 1.77 bits per heavy atom. The van der Waals surface area contributed by atoms with E-state index in [1.54, 1.807) is 0 Å². The topological polar surface area (TPSA) is 103 Å². The first-order valence-corrected chi connectivity index (χ1v) is 6.92. The van der Waals surface area contributed by atoms with Crippen molar-refractivity contribution in [3.8, 4) is 11.4 Å². The predicted octanol–water partition coefficient (Wildman–Crippen LogP) is 1.47. The lowest BCUT2D eigenvalue weighted by molar-refractivity contribution is -0.139. The first-order valence-electron chi connectivity index (χ1n) is 6.92. The van der Waals surface area contributed by atoms with Crippen LogP contribution in [0.5, 0.6) is 5.75 Å². The zero-order valence-corrected chi connectivity index (χ0v) is 12.9. The van der Waals surface area contributed by atoms with Crippen LogP contribution >= 0.6 is 0 Å². The van der Waals surface area contributed by atoms with Crippen LogP contribution in [-0.4, -0.2) is 23.5 Å². The second-order valence-electron chi connectivity index (χ2n) is 5.28. The van der Waals surface area contributed by atoms with E-state index in [9.17, 15) is 31.9 Å². The maximum atomic E-state index is 13.8. The zero-order valence-electron chi connectivity index (χ0n) is 12.9. The molecular weight excluding hydrogens is 362 g/mol. The number of methoxy groups -OCH3 is 1. The highest BCUT2D eigenvalue weighted by Crippen LogP contribution is 2.40. The molecule has 0 spiro atoms. The number of nitrogen functional groups attached to an aromatic ring is 1. The van der Waals surface area contributed by atoms with Crippen molar-refractivity contribution in [1.29, 1.82) is 0 Å². The Labute approximate surface area is 142 Å². The highest BCUT2D eigenvalue weighted by atomic mass is 19.4. The van der Waals surface area contributed by atoms with Crippen molar-refractivity contribution in [3.05, 3.63) is 51.1 Å². The fraction of sp³-hybridized carbons (Fsp3) is 0.133. The number of halogens is 4. The summed E-state index contributed by atoms with van der Waals surface area (Å²) in [5.74, 6) is -4.59. The van der Waals surface area contributed by atoms with Crippen molar-refractivity contribution < 1.29 is 31.9 Å². The Hall–Kier alpha value is -3.37. The summed E-state index contributed by atoms with van der Waals surface area (Å²) in [6.45, 7) is 0. The molecule has 26 heavy (non-hydrogen) atoms. The Balaban J connectivity index is 2.41. The second kappa shape index (κ2) is 5.58. The quantitative estimate of drug-likeness (QED) is 0.615. The van der Waals surface area contributed by atoms with Crippen LogP contribution in [-0.2, 0) is 6.18 Å².